The number of carbonyl (C=O) groups is 3. The Morgan fingerprint density at radius 3 is 2.62 bits per heavy atom. The van der Waals surface area contributed by atoms with Crippen LogP contribution in [-0.4, -0.2) is 30.4 Å². The van der Waals surface area contributed by atoms with Gasteiger partial charge in [0.05, 0.1) is 6.61 Å². The zero-order chi connectivity index (χ0) is 12.0. The fourth-order valence-corrected chi connectivity index (χ4v) is 1.41. The Labute approximate surface area is 93.4 Å². The van der Waals surface area contributed by atoms with Gasteiger partial charge in [-0.3, -0.25) is 4.79 Å². The topological polar surface area (TPSA) is 69.7 Å². The number of rotatable bonds is 4. The number of ketones is 1. The second-order valence-corrected chi connectivity index (χ2v) is 3.37. The molecule has 1 atom stereocenters. The van der Waals surface area contributed by atoms with Crippen molar-refractivity contribution in [2.24, 2.45) is 0 Å². The molecule has 0 aliphatic heterocycles. The van der Waals surface area contributed by atoms with E-state index in [0.29, 0.717) is 12.8 Å². The molecule has 1 unspecified atom stereocenters. The zero-order valence-corrected chi connectivity index (χ0v) is 9.10. The Morgan fingerprint density at radius 2 is 2.06 bits per heavy atom. The van der Waals surface area contributed by atoms with E-state index < -0.39 is 18.0 Å². The van der Waals surface area contributed by atoms with E-state index in [4.69, 9.17) is 4.74 Å². The van der Waals surface area contributed by atoms with Crippen molar-refractivity contribution < 1.29 is 23.9 Å². The van der Waals surface area contributed by atoms with Crippen molar-refractivity contribution >= 4 is 17.7 Å². The molecule has 1 saturated carbocycles. The summed E-state index contributed by atoms with van der Waals surface area (Å²) < 4.78 is 9.45. The zero-order valence-electron chi connectivity index (χ0n) is 9.10. The van der Waals surface area contributed by atoms with Gasteiger partial charge in [-0.2, -0.15) is 0 Å². The van der Waals surface area contributed by atoms with E-state index >= 15 is 0 Å². The molecule has 0 bridgehead atoms. The largest absolute Gasteiger partial charge is 0.463 e. The van der Waals surface area contributed by atoms with Crippen LogP contribution in [0.15, 0.2) is 12.2 Å². The van der Waals surface area contributed by atoms with Gasteiger partial charge in [0.15, 0.2) is 11.9 Å². The second-order valence-electron chi connectivity index (χ2n) is 3.37. The normalized spacial score (nSPS) is 20.1. The molecule has 0 aromatic heterocycles. The van der Waals surface area contributed by atoms with Crippen LogP contribution in [0.25, 0.3) is 0 Å². The number of carbonyl (C=O) groups excluding carboxylic acids is 3. The molecule has 0 N–H and O–H groups in total. The third-order valence-corrected chi connectivity index (χ3v) is 2.15. The van der Waals surface area contributed by atoms with Gasteiger partial charge < -0.3 is 9.47 Å². The van der Waals surface area contributed by atoms with Crippen molar-refractivity contribution in [3.63, 3.8) is 0 Å². The molecule has 5 heteroatoms. The number of esters is 2. The Morgan fingerprint density at radius 1 is 1.38 bits per heavy atom. The number of Topliss-reactive ketones (excluding diaryl/α,β-unsaturated/α-hetero) is 1. The minimum absolute atomic E-state index is 0.0575. The minimum Gasteiger partial charge on any atom is -0.463 e. The highest BCUT2D eigenvalue weighted by molar-refractivity contribution is 5.93. The predicted octanol–water partition coefficient (Wildman–Crippen LogP) is 0.770. The summed E-state index contributed by atoms with van der Waals surface area (Å²) in [7, 11) is 0. The highest BCUT2D eigenvalue weighted by atomic mass is 16.5. The maximum atomic E-state index is 11.2. The molecule has 1 aliphatic rings. The summed E-state index contributed by atoms with van der Waals surface area (Å²) in [5.41, 5.74) is 0. The first-order valence-corrected chi connectivity index (χ1v) is 5.21. The Kier molecular flexibility index (Phi) is 4.69. The highest BCUT2D eigenvalue weighted by Gasteiger charge is 2.27. The van der Waals surface area contributed by atoms with Crippen LogP contribution in [0.1, 0.15) is 26.2 Å². The van der Waals surface area contributed by atoms with E-state index in [1.54, 1.807) is 6.92 Å². The lowest BCUT2D eigenvalue weighted by molar-refractivity contribution is -0.149. The van der Waals surface area contributed by atoms with Crippen LogP contribution >= 0.6 is 0 Å². The van der Waals surface area contributed by atoms with E-state index in [2.05, 4.69) is 4.74 Å². The molecule has 0 amide bonds. The van der Waals surface area contributed by atoms with Crippen LogP contribution in [0.4, 0.5) is 0 Å². The molecular formula is C11H14O5. The molecule has 0 aromatic rings. The quantitative estimate of drug-likeness (QED) is 0.523. The van der Waals surface area contributed by atoms with Gasteiger partial charge in [-0.25, -0.2) is 9.59 Å². The Balaban J connectivity index is 2.35. The number of hydrogen-bond acceptors (Lipinski definition) is 5. The third-order valence-electron chi connectivity index (χ3n) is 2.15. The van der Waals surface area contributed by atoms with Gasteiger partial charge in [0.1, 0.15) is 0 Å². The molecule has 1 rings (SSSR count). The van der Waals surface area contributed by atoms with Crippen molar-refractivity contribution in [3.8, 4) is 0 Å². The summed E-state index contributed by atoms with van der Waals surface area (Å²) in [5, 5.41) is 0. The van der Waals surface area contributed by atoms with Crippen LogP contribution in [-0.2, 0) is 23.9 Å². The molecule has 0 heterocycles. The smallest absolute Gasteiger partial charge is 0.331 e. The van der Waals surface area contributed by atoms with Gasteiger partial charge in [0.25, 0.3) is 0 Å². The van der Waals surface area contributed by atoms with E-state index in [9.17, 15) is 14.4 Å². The van der Waals surface area contributed by atoms with Crippen LogP contribution < -0.4 is 0 Å². The van der Waals surface area contributed by atoms with E-state index in [1.807, 2.05) is 0 Å². The SMILES string of the molecule is CCOC(=O)/C=C/C(=O)OC1CCCC1=O. The molecule has 0 radical (unpaired) electrons. The molecule has 0 aromatic carbocycles. The highest BCUT2D eigenvalue weighted by Crippen LogP contribution is 2.17. The summed E-state index contributed by atoms with van der Waals surface area (Å²) >= 11 is 0. The van der Waals surface area contributed by atoms with Gasteiger partial charge in [-0.05, 0) is 19.8 Å². The maximum Gasteiger partial charge on any atom is 0.331 e. The van der Waals surface area contributed by atoms with Gasteiger partial charge in [0, 0.05) is 18.6 Å². The van der Waals surface area contributed by atoms with E-state index in [1.165, 1.54) is 0 Å². The molecular weight excluding hydrogens is 212 g/mol. The molecule has 16 heavy (non-hydrogen) atoms. The van der Waals surface area contributed by atoms with Gasteiger partial charge >= 0.3 is 11.9 Å². The molecule has 5 nitrogen and oxygen atoms in total. The minimum atomic E-state index is -0.687. The monoisotopic (exact) mass is 226 g/mol. The van der Waals surface area contributed by atoms with E-state index in [-0.39, 0.29) is 12.4 Å². The Hall–Kier alpha value is -1.65. The number of hydrogen-bond donors (Lipinski definition) is 0. The molecule has 88 valence electrons. The fraction of sp³-hybridized carbons (Fsp3) is 0.545. The van der Waals surface area contributed by atoms with Gasteiger partial charge in [0.2, 0.25) is 0 Å². The van der Waals surface area contributed by atoms with Crippen molar-refractivity contribution in [3.05, 3.63) is 12.2 Å². The van der Waals surface area contributed by atoms with Crippen molar-refractivity contribution in [2.45, 2.75) is 32.3 Å². The van der Waals surface area contributed by atoms with Crippen molar-refractivity contribution in [1.82, 2.24) is 0 Å². The van der Waals surface area contributed by atoms with Crippen molar-refractivity contribution in [1.29, 1.82) is 0 Å². The lowest BCUT2D eigenvalue weighted by Crippen LogP contribution is -2.20. The molecule has 1 fully saturated rings. The molecule has 0 spiro atoms. The van der Waals surface area contributed by atoms with Crippen LogP contribution in [0.5, 0.6) is 0 Å². The second kappa shape index (κ2) is 6.05. The maximum absolute atomic E-state index is 11.2. The van der Waals surface area contributed by atoms with Crippen molar-refractivity contribution in [2.75, 3.05) is 6.61 Å². The standard InChI is InChI=1S/C11H14O5/c1-2-15-10(13)6-7-11(14)16-9-5-3-4-8(9)12/h6-7,9H,2-5H2,1H3/b7-6+. The molecule has 1 aliphatic carbocycles. The lowest BCUT2D eigenvalue weighted by Gasteiger charge is -2.07. The summed E-state index contributed by atoms with van der Waals surface area (Å²) in [6.45, 7) is 1.92. The summed E-state index contributed by atoms with van der Waals surface area (Å²) in [4.78, 5) is 33.2. The summed E-state index contributed by atoms with van der Waals surface area (Å²) in [6, 6.07) is 0. The first-order valence-electron chi connectivity index (χ1n) is 5.21. The average molecular weight is 226 g/mol. The lowest BCUT2D eigenvalue weighted by atomic mass is 10.3. The Bertz CT molecular complexity index is 318. The van der Waals surface area contributed by atoms with Gasteiger partial charge in [-0.15, -0.1) is 0 Å². The van der Waals surface area contributed by atoms with Crippen LogP contribution in [0.3, 0.4) is 0 Å². The predicted molar refractivity (Wildman–Crippen MR) is 54.5 cm³/mol. The van der Waals surface area contributed by atoms with Crippen LogP contribution in [0.2, 0.25) is 0 Å². The summed E-state index contributed by atoms with van der Waals surface area (Å²) in [5.74, 6) is -1.34. The average Bonchev–Trinajstić information content (AvgIpc) is 2.62. The summed E-state index contributed by atoms with van der Waals surface area (Å²) in [6.07, 6.45) is 3.10. The van der Waals surface area contributed by atoms with Gasteiger partial charge in [-0.1, -0.05) is 0 Å². The fourth-order valence-electron chi connectivity index (χ4n) is 1.41. The molecule has 0 saturated heterocycles. The number of ether oxygens (including phenoxy) is 2. The van der Waals surface area contributed by atoms with E-state index in [0.717, 1.165) is 18.6 Å². The third kappa shape index (κ3) is 3.84. The first kappa shape index (κ1) is 12.4. The first-order chi connectivity index (χ1) is 7.63. The van der Waals surface area contributed by atoms with Crippen LogP contribution in [0, 0.1) is 0 Å².